The monoisotopic (exact) mass is 234 g/mol. The van der Waals surface area contributed by atoms with Crippen LogP contribution in [0.5, 0.6) is 5.75 Å². The average molecular weight is 234 g/mol. The topological polar surface area (TPSA) is 55.8 Å². The van der Waals surface area contributed by atoms with E-state index in [0.717, 1.165) is 16.9 Å². The highest BCUT2D eigenvalue weighted by molar-refractivity contribution is 5.63. The van der Waals surface area contributed by atoms with Gasteiger partial charge in [-0.1, -0.05) is 18.2 Å². The van der Waals surface area contributed by atoms with Crippen molar-refractivity contribution in [1.29, 1.82) is 0 Å². The molecule has 0 aliphatic carbocycles. The third kappa shape index (κ3) is 2.65. The Morgan fingerprint density at radius 3 is 3.00 bits per heavy atom. The second-order valence-corrected chi connectivity index (χ2v) is 3.78. The Hall–Kier alpha value is -1.81. The Morgan fingerprint density at radius 1 is 1.41 bits per heavy atom. The van der Waals surface area contributed by atoms with Gasteiger partial charge < -0.3 is 14.6 Å². The number of hydrogen-bond donors (Lipinski definition) is 1. The molecule has 0 spiro atoms. The lowest BCUT2D eigenvalue weighted by molar-refractivity contribution is -0.129. The Kier molecular flexibility index (Phi) is 3.77. The summed E-state index contributed by atoms with van der Waals surface area (Å²) in [5.74, 6) is 0.792. The molecule has 1 aromatic rings. The number of hydrogen-bond acceptors (Lipinski definition) is 4. The minimum Gasteiger partial charge on any atom is -0.485 e. The van der Waals surface area contributed by atoms with Crippen LogP contribution in [0.1, 0.15) is 12.0 Å². The third-order valence-electron chi connectivity index (χ3n) is 2.69. The summed E-state index contributed by atoms with van der Waals surface area (Å²) in [6, 6.07) is 7.63. The lowest BCUT2D eigenvalue weighted by atomic mass is 10.0. The van der Waals surface area contributed by atoms with E-state index in [1.54, 1.807) is 0 Å². The van der Waals surface area contributed by atoms with Crippen LogP contribution >= 0.6 is 0 Å². The van der Waals surface area contributed by atoms with Crippen molar-refractivity contribution in [3.05, 3.63) is 35.4 Å². The van der Waals surface area contributed by atoms with Gasteiger partial charge in [-0.05, 0) is 17.7 Å². The summed E-state index contributed by atoms with van der Waals surface area (Å²) in [7, 11) is 0. The highest BCUT2D eigenvalue weighted by Crippen LogP contribution is 2.30. The van der Waals surface area contributed by atoms with Crippen LogP contribution in [0.3, 0.4) is 0 Å². The summed E-state index contributed by atoms with van der Waals surface area (Å²) >= 11 is 0. The van der Waals surface area contributed by atoms with Crippen molar-refractivity contribution in [3.8, 4) is 5.75 Å². The van der Waals surface area contributed by atoms with E-state index in [2.05, 4.69) is 4.74 Å². The van der Waals surface area contributed by atoms with Crippen molar-refractivity contribution < 1.29 is 19.4 Å². The minimum absolute atomic E-state index is 0.0555. The molecule has 0 amide bonds. The zero-order valence-electron chi connectivity index (χ0n) is 9.33. The van der Waals surface area contributed by atoms with Crippen LogP contribution in [0.15, 0.2) is 29.8 Å². The first kappa shape index (κ1) is 11.7. The van der Waals surface area contributed by atoms with Crippen LogP contribution in [-0.2, 0) is 9.53 Å². The van der Waals surface area contributed by atoms with Crippen LogP contribution in [0.2, 0.25) is 0 Å². The smallest absolute Gasteiger partial charge is 0.293 e. The van der Waals surface area contributed by atoms with E-state index in [1.165, 1.54) is 0 Å². The standard InChI is InChI=1S/C13H14O4/c14-8-11-7-10-3-1-2-4-12(10)17-13(11)5-6-16-9-15/h1-4,7,9,13-14H,5-6,8H2. The Bertz CT molecular complexity index is 425. The number of rotatable bonds is 5. The van der Waals surface area contributed by atoms with Crippen LogP contribution in [-0.4, -0.2) is 30.9 Å². The zero-order valence-corrected chi connectivity index (χ0v) is 9.33. The summed E-state index contributed by atoms with van der Waals surface area (Å²) < 4.78 is 10.4. The lowest BCUT2D eigenvalue weighted by Gasteiger charge is -2.26. The molecule has 1 N–H and O–H groups in total. The molecule has 1 aliphatic heterocycles. The number of aliphatic hydroxyl groups is 1. The molecule has 0 radical (unpaired) electrons. The van der Waals surface area contributed by atoms with Gasteiger partial charge in [0, 0.05) is 12.0 Å². The number of carbonyl (C=O) groups excluding carboxylic acids is 1. The van der Waals surface area contributed by atoms with E-state index >= 15 is 0 Å². The molecule has 1 aromatic carbocycles. The minimum atomic E-state index is -0.227. The molecule has 1 atom stereocenters. The van der Waals surface area contributed by atoms with Crippen LogP contribution in [0.4, 0.5) is 0 Å². The average Bonchev–Trinajstić information content (AvgIpc) is 2.38. The van der Waals surface area contributed by atoms with Gasteiger partial charge in [-0.15, -0.1) is 0 Å². The zero-order chi connectivity index (χ0) is 12.1. The van der Waals surface area contributed by atoms with Gasteiger partial charge in [0.05, 0.1) is 13.2 Å². The van der Waals surface area contributed by atoms with Crippen molar-refractivity contribution in [2.24, 2.45) is 0 Å². The van der Waals surface area contributed by atoms with Gasteiger partial charge in [0.1, 0.15) is 11.9 Å². The molecular weight excluding hydrogens is 220 g/mol. The Morgan fingerprint density at radius 2 is 2.24 bits per heavy atom. The first-order chi connectivity index (χ1) is 8.35. The van der Waals surface area contributed by atoms with Gasteiger partial charge in [0.25, 0.3) is 6.47 Å². The van der Waals surface area contributed by atoms with Gasteiger partial charge in [-0.3, -0.25) is 4.79 Å². The van der Waals surface area contributed by atoms with E-state index in [-0.39, 0.29) is 19.3 Å². The number of carbonyl (C=O) groups is 1. The number of fused-ring (bicyclic) bond motifs is 1. The number of benzene rings is 1. The SMILES string of the molecule is O=COCCC1Oc2ccccc2C=C1CO. The molecule has 90 valence electrons. The number of ether oxygens (including phenoxy) is 2. The fourth-order valence-corrected chi connectivity index (χ4v) is 1.84. The predicted octanol–water partition coefficient (Wildman–Crippen LogP) is 1.39. The van der Waals surface area contributed by atoms with Crippen molar-refractivity contribution in [3.63, 3.8) is 0 Å². The molecular formula is C13H14O4. The second-order valence-electron chi connectivity index (χ2n) is 3.78. The third-order valence-corrected chi connectivity index (χ3v) is 2.69. The fraction of sp³-hybridized carbons (Fsp3) is 0.308. The predicted molar refractivity (Wildman–Crippen MR) is 62.6 cm³/mol. The maximum atomic E-state index is 10.1. The molecule has 17 heavy (non-hydrogen) atoms. The van der Waals surface area contributed by atoms with Crippen molar-refractivity contribution in [2.45, 2.75) is 12.5 Å². The first-order valence-electron chi connectivity index (χ1n) is 5.47. The van der Waals surface area contributed by atoms with E-state index in [1.807, 2.05) is 30.3 Å². The van der Waals surface area contributed by atoms with Gasteiger partial charge in [-0.2, -0.15) is 0 Å². The summed E-state index contributed by atoms with van der Waals surface area (Å²) in [6.45, 7) is 0.646. The molecule has 0 saturated carbocycles. The molecule has 0 saturated heterocycles. The maximum Gasteiger partial charge on any atom is 0.293 e. The number of para-hydroxylation sites is 1. The molecule has 4 heteroatoms. The van der Waals surface area contributed by atoms with E-state index in [9.17, 15) is 9.90 Å². The molecule has 0 aromatic heterocycles. The van der Waals surface area contributed by atoms with E-state index < -0.39 is 0 Å². The molecule has 0 fully saturated rings. The van der Waals surface area contributed by atoms with Gasteiger partial charge in [0.2, 0.25) is 0 Å². The van der Waals surface area contributed by atoms with Crippen LogP contribution in [0, 0.1) is 0 Å². The number of aliphatic hydroxyl groups excluding tert-OH is 1. The largest absolute Gasteiger partial charge is 0.485 e. The van der Waals surface area contributed by atoms with Crippen molar-refractivity contribution in [2.75, 3.05) is 13.2 Å². The van der Waals surface area contributed by atoms with Crippen molar-refractivity contribution >= 4 is 12.5 Å². The lowest BCUT2D eigenvalue weighted by Crippen LogP contribution is -2.26. The molecule has 2 rings (SSSR count). The summed E-state index contributed by atoms with van der Waals surface area (Å²) in [6.07, 6.45) is 2.24. The van der Waals surface area contributed by atoms with Gasteiger partial charge in [-0.25, -0.2) is 0 Å². The van der Waals surface area contributed by atoms with Crippen molar-refractivity contribution in [1.82, 2.24) is 0 Å². The van der Waals surface area contributed by atoms with E-state index in [0.29, 0.717) is 12.9 Å². The molecule has 1 unspecified atom stereocenters. The van der Waals surface area contributed by atoms with Crippen LogP contribution in [0.25, 0.3) is 6.08 Å². The van der Waals surface area contributed by atoms with Gasteiger partial charge in [0.15, 0.2) is 0 Å². The quantitative estimate of drug-likeness (QED) is 0.618. The van der Waals surface area contributed by atoms with E-state index in [4.69, 9.17) is 4.74 Å². The normalized spacial score (nSPS) is 17.7. The van der Waals surface area contributed by atoms with Gasteiger partial charge >= 0.3 is 0 Å². The first-order valence-corrected chi connectivity index (χ1v) is 5.47. The molecule has 1 aliphatic rings. The highest BCUT2D eigenvalue weighted by atomic mass is 16.5. The Labute approximate surface area is 99.5 Å². The molecule has 0 bridgehead atoms. The molecule has 4 nitrogen and oxygen atoms in total. The van der Waals surface area contributed by atoms with Crippen LogP contribution < -0.4 is 4.74 Å². The summed E-state index contributed by atoms with van der Waals surface area (Å²) in [4.78, 5) is 10.1. The summed E-state index contributed by atoms with van der Waals surface area (Å²) in [5, 5.41) is 9.28. The second kappa shape index (κ2) is 5.50. The summed E-state index contributed by atoms with van der Waals surface area (Å²) in [5.41, 5.74) is 1.77. The Balaban J connectivity index is 2.13. The highest BCUT2D eigenvalue weighted by Gasteiger charge is 2.21. The fourth-order valence-electron chi connectivity index (χ4n) is 1.84. The molecule has 1 heterocycles. The maximum absolute atomic E-state index is 10.1.